The predicted molar refractivity (Wildman–Crippen MR) is 69.2 cm³/mol. The topological polar surface area (TPSA) is 38.0 Å². The molecule has 96 valence electrons. The number of hydrazine groups is 1. The fourth-order valence-electron chi connectivity index (χ4n) is 1.88. The summed E-state index contributed by atoms with van der Waals surface area (Å²) >= 11 is 1.57. The minimum atomic E-state index is -0.569. The maximum atomic E-state index is 13.6. The van der Waals surface area contributed by atoms with E-state index in [1.54, 1.807) is 11.3 Å². The lowest BCUT2D eigenvalue weighted by Crippen LogP contribution is -2.29. The van der Waals surface area contributed by atoms with Crippen LogP contribution >= 0.6 is 11.3 Å². The van der Waals surface area contributed by atoms with Gasteiger partial charge in [0, 0.05) is 10.9 Å². The van der Waals surface area contributed by atoms with Crippen molar-refractivity contribution < 1.29 is 8.78 Å². The second-order valence-electron chi connectivity index (χ2n) is 4.13. The summed E-state index contributed by atoms with van der Waals surface area (Å²) in [5, 5.41) is 1.97. The van der Waals surface area contributed by atoms with E-state index in [1.165, 1.54) is 12.1 Å². The molecule has 0 saturated heterocycles. The van der Waals surface area contributed by atoms with Gasteiger partial charge in [-0.2, -0.15) is 0 Å². The standard InChI is InChI=1S/C13H14F2N2S/c1-8-4-5-18-13(8)12(17-16)6-9-2-3-10(14)7-11(9)15/h2-5,7,12,17H,6,16H2,1H3. The lowest BCUT2D eigenvalue weighted by molar-refractivity contribution is 0.526. The number of nitrogens with one attached hydrogen (secondary N) is 1. The molecule has 0 aliphatic heterocycles. The molecule has 0 aliphatic carbocycles. The fraction of sp³-hybridized carbons (Fsp3) is 0.231. The van der Waals surface area contributed by atoms with Crippen molar-refractivity contribution in [3.05, 3.63) is 57.3 Å². The molecule has 0 bridgehead atoms. The Bertz CT molecular complexity index is 540. The average Bonchev–Trinajstić information content (AvgIpc) is 2.75. The van der Waals surface area contributed by atoms with Crippen molar-refractivity contribution in [1.29, 1.82) is 0 Å². The fourth-order valence-corrected chi connectivity index (χ4v) is 2.86. The van der Waals surface area contributed by atoms with Crippen LogP contribution in [-0.2, 0) is 6.42 Å². The van der Waals surface area contributed by atoms with Gasteiger partial charge in [-0.25, -0.2) is 8.78 Å². The van der Waals surface area contributed by atoms with Gasteiger partial charge < -0.3 is 0 Å². The van der Waals surface area contributed by atoms with E-state index in [9.17, 15) is 8.78 Å². The summed E-state index contributed by atoms with van der Waals surface area (Å²) in [4.78, 5) is 1.07. The van der Waals surface area contributed by atoms with Gasteiger partial charge in [-0.15, -0.1) is 11.3 Å². The molecule has 0 saturated carbocycles. The first kappa shape index (κ1) is 13.1. The number of hydrogen-bond acceptors (Lipinski definition) is 3. The van der Waals surface area contributed by atoms with E-state index in [-0.39, 0.29) is 6.04 Å². The van der Waals surface area contributed by atoms with E-state index < -0.39 is 11.6 Å². The zero-order valence-corrected chi connectivity index (χ0v) is 10.7. The first-order chi connectivity index (χ1) is 8.61. The second kappa shape index (κ2) is 5.56. The van der Waals surface area contributed by atoms with Gasteiger partial charge in [-0.3, -0.25) is 11.3 Å². The molecule has 0 fully saturated rings. The lowest BCUT2D eigenvalue weighted by Gasteiger charge is -2.16. The second-order valence-corrected chi connectivity index (χ2v) is 5.07. The van der Waals surface area contributed by atoms with Crippen molar-refractivity contribution >= 4 is 11.3 Å². The van der Waals surface area contributed by atoms with Crippen molar-refractivity contribution in [2.24, 2.45) is 5.84 Å². The highest BCUT2D eigenvalue weighted by Gasteiger charge is 2.16. The number of thiophene rings is 1. The molecule has 2 rings (SSSR count). The third kappa shape index (κ3) is 2.75. The van der Waals surface area contributed by atoms with Gasteiger partial charge >= 0.3 is 0 Å². The SMILES string of the molecule is Cc1ccsc1C(Cc1ccc(F)cc1F)NN. The number of halogens is 2. The van der Waals surface area contributed by atoms with Gasteiger partial charge in [0.2, 0.25) is 0 Å². The molecule has 0 radical (unpaired) electrons. The summed E-state index contributed by atoms with van der Waals surface area (Å²) in [7, 11) is 0. The molecular weight excluding hydrogens is 254 g/mol. The van der Waals surface area contributed by atoms with E-state index in [0.29, 0.717) is 12.0 Å². The molecule has 0 aliphatic rings. The molecule has 18 heavy (non-hydrogen) atoms. The third-order valence-electron chi connectivity index (χ3n) is 2.86. The molecule has 0 spiro atoms. The number of aryl methyl sites for hydroxylation is 1. The third-order valence-corrected chi connectivity index (χ3v) is 3.99. The van der Waals surface area contributed by atoms with E-state index >= 15 is 0 Å². The van der Waals surface area contributed by atoms with Crippen molar-refractivity contribution in [3.63, 3.8) is 0 Å². The van der Waals surface area contributed by atoms with Crippen molar-refractivity contribution in [2.45, 2.75) is 19.4 Å². The van der Waals surface area contributed by atoms with Gasteiger partial charge in [0.1, 0.15) is 11.6 Å². The Kier molecular flexibility index (Phi) is 4.06. The minimum absolute atomic E-state index is 0.162. The monoisotopic (exact) mass is 268 g/mol. The maximum Gasteiger partial charge on any atom is 0.129 e. The normalized spacial score (nSPS) is 12.7. The van der Waals surface area contributed by atoms with Crippen LogP contribution in [0.15, 0.2) is 29.6 Å². The zero-order valence-electron chi connectivity index (χ0n) is 9.91. The molecular formula is C13H14F2N2S. The molecule has 1 heterocycles. The summed E-state index contributed by atoms with van der Waals surface area (Å²) in [5.74, 6) is 4.41. The minimum Gasteiger partial charge on any atom is -0.271 e. The van der Waals surface area contributed by atoms with E-state index in [0.717, 1.165) is 16.5 Å². The van der Waals surface area contributed by atoms with Crippen LogP contribution in [0.3, 0.4) is 0 Å². The average molecular weight is 268 g/mol. The quantitative estimate of drug-likeness (QED) is 0.660. The lowest BCUT2D eigenvalue weighted by atomic mass is 10.0. The summed E-state index contributed by atoms with van der Waals surface area (Å²) in [6.07, 6.45) is 0.393. The first-order valence-corrected chi connectivity index (χ1v) is 6.44. The molecule has 3 N–H and O–H groups in total. The van der Waals surface area contributed by atoms with Gasteiger partial charge in [0.15, 0.2) is 0 Å². The molecule has 1 aromatic carbocycles. The Morgan fingerprint density at radius 1 is 1.33 bits per heavy atom. The number of hydrogen-bond donors (Lipinski definition) is 2. The molecule has 1 aromatic heterocycles. The molecule has 1 unspecified atom stereocenters. The molecule has 5 heteroatoms. The Labute approximate surface area is 108 Å². The number of rotatable bonds is 4. The number of nitrogens with two attached hydrogens (primary N) is 1. The van der Waals surface area contributed by atoms with Gasteiger partial charge in [0.05, 0.1) is 6.04 Å². The summed E-state index contributed by atoms with van der Waals surface area (Å²) in [6.45, 7) is 1.98. The van der Waals surface area contributed by atoms with Gasteiger partial charge in [0.25, 0.3) is 0 Å². The van der Waals surface area contributed by atoms with Crippen LogP contribution in [0.5, 0.6) is 0 Å². The van der Waals surface area contributed by atoms with Crippen LogP contribution in [0.4, 0.5) is 8.78 Å². The van der Waals surface area contributed by atoms with Crippen LogP contribution in [0, 0.1) is 18.6 Å². The summed E-state index contributed by atoms with van der Waals surface area (Å²) in [5.41, 5.74) is 4.25. The predicted octanol–water partition coefficient (Wildman–Crippen LogP) is 3.08. The maximum absolute atomic E-state index is 13.6. The van der Waals surface area contributed by atoms with E-state index in [1.807, 2.05) is 18.4 Å². The Morgan fingerprint density at radius 2 is 2.11 bits per heavy atom. The summed E-state index contributed by atoms with van der Waals surface area (Å²) in [6, 6.07) is 5.44. The zero-order chi connectivity index (χ0) is 13.1. The molecule has 2 aromatic rings. The van der Waals surface area contributed by atoms with Crippen LogP contribution in [0.1, 0.15) is 22.0 Å². The highest BCUT2D eigenvalue weighted by Crippen LogP contribution is 2.27. The molecule has 1 atom stereocenters. The Morgan fingerprint density at radius 3 is 2.67 bits per heavy atom. The van der Waals surface area contributed by atoms with Gasteiger partial charge in [-0.05, 0) is 42.0 Å². The Hall–Kier alpha value is -1.30. The van der Waals surface area contributed by atoms with Crippen molar-refractivity contribution in [1.82, 2.24) is 5.43 Å². The summed E-state index contributed by atoms with van der Waals surface area (Å²) < 4.78 is 26.4. The van der Waals surface area contributed by atoms with E-state index in [2.05, 4.69) is 5.43 Å². The number of benzene rings is 1. The molecule has 0 amide bonds. The largest absolute Gasteiger partial charge is 0.271 e. The first-order valence-electron chi connectivity index (χ1n) is 5.56. The van der Waals surface area contributed by atoms with Crippen LogP contribution in [0.25, 0.3) is 0 Å². The highest BCUT2D eigenvalue weighted by atomic mass is 32.1. The van der Waals surface area contributed by atoms with Crippen molar-refractivity contribution in [2.75, 3.05) is 0 Å². The van der Waals surface area contributed by atoms with Crippen molar-refractivity contribution in [3.8, 4) is 0 Å². The smallest absolute Gasteiger partial charge is 0.129 e. The van der Waals surface area contributed by atoms with E-state index in [4.69, 9.17) is 5.84 Å². The van der Waals surface area contributed by atoms with Crippen LogP contribution in [0.2, 0.25) is 0 Å². The highest BCUT2D eigenvalue weighted by molar-refractivity contribution is 7.10. The molecule has 2 nitrogen and oxygen atoms in total. The van der Waals surface area contributed by atoms with Gasteiger partial charge in [-0.1, -0.05) is 6.07 Å². The Balaban J connectivity index is 2.23. The van der Waals surface area contributed by atoms with Crippen LogP contribution < -0.4 is 11.3 Å². The van der Waals surface area contributed by atoms with Crippen LogP contribution in [-0.4, -0.2) is 0 Å².